The van der Waals surface area contributed by atoms with Gasteiger partial charge in [-0.3, -0.25) is 13.9 Å². The smallest absolute Gasteiger partial charge is 0.328 e. The number of imidazole rings is 1. The summed E-state index contributed by atoms with van der Waals surface area (Å²) in [6.07, 6.45) is 1.22. The third-order valence-electron chi connectivity index (χ3n) is 5.14. The molecule has 0 unspecified atom stereocenters. The number of carbonyl (C=O) groups excluding carboxylic acids is 1. The summed E-state index contributed by atoms with van der Waals surface area (Å²) in [5.41, 5.74) is 1.94. The lowest BCUT2D eigenvalue weighted by Crippen LogP contribution is -2.22. The molecule has 0 aliphatic carbocycles. The average molecular weight is 446 g/mol. The second kappa shape index (κ2) is 8.97. The van der Waals surface area contributed by atoms with Gasteiger partial charge in [-0.1, -0.05) is 31.0 Å². The Kier molecular flexibility index (Phi) is 6.54. The molecular formula is C22H27N3O5S. The number of rotatable bonds is 8. The average Bonchev–Trinajstić information content (AvgIpc) is 2.95. The van der Waals surface area contributed by atoms with Gasteiger partial charge in [0.2, 0.25) is 0 Å². The third kappa shape index (κ3) is 4.82. The molecule has 0 fully saturated rings. The second-order valence-corrected chi connectivity index (χ2v) is 9.64. The summed E-state index contributed by atoms with van der Waals surface area (Å²) in [6.45, 7) is 3.58. The molecule has 0 saturated heterocycles. The summed E-state index contributed by atoms with van der Waals surface area (Å²) >= 11 is 0. The number of nitrogens with zero attached hydrogens (tertiary/aromatic N) is 2. The van der Waals surface area contributed by atoms with E-state index in [-0.39, 0.29) is 28.6 Å². The van der Waals surface area contributed by atoms with Gasteiger partial charge in [0, 0.05) is 14.1 Å². The highest BCUT2D eigenvalue weighted by Gasteiger charge is 2.23. The fourth-order valence-electron chi connectivity index (χ4n) is 3.30. The summed E-state index contributed by atoms with van der Waals surface area (Å²) in [6, 6.07) is 10.2. The molecule has 0 aliphatic heterocycles. The normalized spacial score (nSPS) is 11.6. The number of hydrogen-bond donors (Lipinski definition) is 1. The first kappa shape index (κ1) is 22.6. The van der Waals surface area contributed by atoms with Crippen molar-refractivity contribution >= 4 is 32.5 Å². The third-order valence-corrected chi connectivity index (χ3v) is 6.97. The molecule has 8 nitrogen and oxygen atoms in total. The lowest BCUT2D eigenvalue weighted by molar-refractivity contribution is -0.118. The van der Waals surface area contributed by atoms with Crippen LogP contribution in [0.5, 0.6) is 5.75 Å². The maximum atomic E-state index is 13.0. The van der Waals surface area contributed by atoms with Crippen LogP contribution in [0.25, 0.3) is 11.0 Å². The maximum Gasteiger partial charge on any atom is 0.328 e. The highest BCUT2D eigenvalue weighted by Crippen LogP contribution is 2.29. The number of aromatic nitrogens is 2. The topological polar surface area (TPSA) is 99.4 Å². The quantitative estimate of drug-likeness (QED) is 0.575. The van der Waals surface area contributed by atoms with Crippen molar-refractivity contribution < 1.29 is 17.9 Å². The number of benzene rings is 2. The SMILES string of the molecule is CCCCS(=O)(=O)c1cc2c(cc1NC(=O)COc1ccc(C)cc1)n(C)c(=O)n2C. The van der Waals surface area contributed by atoms with E-state index in [1.807, 2.05) is 26.0 Å². The van der Waals surface area contributed by atoms with Crippen LogP contribution in [0.3, 0.4) is 0 Å². The molecule has 9 heteroatoms. The van der Waals surface area contributed by atoms with Crippen LogP contribution in [0.4, 0.5) is 5.69 Å². The van der Waals surface area contributed by atoms with E-state index in [0.29, 0.717) is 23.2 Å². The van der Waals surface area contributed by atoms with E-state index in [9.17, 15) is 18.0 Å². The van der Waals surface area contributed by atoms with E-state index in [1.54, 1.807) is 26.2 Å². The van der Waals surface area contributed by atoms with Crippen LogP contribution in [-0.4, -0.2) is 35.8 Å². The number of nitrogens with one attached hydrogen (secondary N) is 1. The van der Waals surface area contributed by atoms with Crippen LogP contribution in [0.1, 0.15) is 25.3 Å². The zero-order chi connectivity index (χ0) is 22.8. The minimum absolute atomic E-state index is 0.00154. The Morgan fingerprint density at radius 2 is 1.68 bits per heavy atom. The predicted molar refractivity (Wildman–Crippen MR) is 120 cm³/mol. The van der Waals surface area contributed by atoms with E-state index >= 15 is 0 Å². The fraction of sp³-hybridized carbons (Fsp3) is 0.364. The minimum Gasteiger partial charge on any atom is -0.484 e. The first-order valence-electron chi connectivity index (χ1n) is 10.1. The number of anilines is 1. The zero-order valence-electron chi connectivity index (χ0n) is 18.1. The second-order valence-electron chi connectivity index (χ2n) is 7.56. The molecule has 0 atom stereocenters. The van der Waals surface area contributed by atoms with Gasteiger partial charge >= 0.3 is 5.69 Å². The maximum absolute atomic E-state index is 13.0. The number of carbonyl (C=O) groups is 1. The van der Waals surface area contributed by atoms with Gasteiger partial charge in [-0.15, -0.1) is 0 Å². The van der Waals surface area contributed by atoms with Crippen LogP contribution in [0.2, 0.25) is 0 Å². The van der Waals surface area contributed by atoms with Crippen molar-refractivity contribution in [3.05, 3.63) is 52.4 Å². The Morgan fingerprint density at radius 3 is 2.29 bits per heavy atom. The van der Waals surface area contributed by atoms with E-state index in [0.717, 1.165) is 12.0 Å². The van der Waals surface area contributed by atoms with Crippen molar-refractivity contribution in [3.8, 4) is 5.75 Å². The first-order chi connectivity index (χ1) is 14.6. The number of hydrogen-bond acceptors (Lipinski definition) is 5. The molecule has 31 heavy (non-hydrogen) atoms. The van der Waals surface area contributed by atoms with Gasteiger partial charge < -0.3 is 10.1 Å². The number of aryl methyl sites for hydroxylation is 3. The van der Waals surface area contributed by atoms with Gasteiger partial charge in [0.15, 0.2) is 16.4 Å². The molecule has 0 radical (unpaired) electrons. The van der Waals surface area contributed by atoms with Crippen molar-refractivity contribution in [1.82, 2.24) is 9.13 Å². The molecule has 3 rings (SSSR count). The lowest BCUT2D eigenvalue weighted by Gasteiger charge is -2.13. The lowest BCUT2D eigenvalue weighted by atomic mass is 10.2. The van der Waals surface area contributed by atoms with Crippen LogP contribution >= 0.6 is 0 Å². The van der Waals surface area contributed by atoms with Crippen molar-refractivity contribution in [3.63, 3.8) is 0 Å². The molecule has 0 aliphatic rings. The minimum atomic E-state index is -3.66. The van der Waals surface area contributed by atoms with E-state index in [2.05, 4.69) is 5.32 Å². The highest BCUT2D eigenvalue weighted by atomic mass is 32.2. The van der Waals surface area contributed by atoms with Crippen LogP contribution in [0, 0.1) is 6.92 Å². The fourth-order valence-corrected chi connectivity index (χ4v) is 4.92. The van der Waals surface area contributed by atoms with Crippen molar-refractivity contribution in [2.45, 2.75) is 31.6 Å². The molecule has 1 heterocycles. The Labute approximate surface area is 181 Å². The van der Waals surface area contributed by atoms with Gasteiger partial charge in [0.25, 0.3) is 5.91 Å². The van der Waals surface area contributed by atoms with Crippen LogP contribution < -0.4 is 15.7 Å². The highest BCUT2D eigenvalue weighted by molar-refractivity contribution is 7.91. The van der Waals surface area contributed by atoms with Gasteiger partial charge in [-0.2, -0.15) is 0 Å². The Hall–Kier alpha value is -3.07. The summed E-state index contributed by atoms with van der Waals surface area (Å²) in [5.74, 6) is 0.00339. The summed E-state index contributed by atoms with van der Waals surface area (Å²) in [4.78, 5) is 24.8. The summed E-state index contributed by atoms with van der Waals surface area (Å²) < 4.78 is 34.3. The Morgan fingerprint density at radius 1 is 1.06 bits per heavy atom. The Bertz CT molecular complexity index is 1270. The first-order valence-corrected chi connectivity index (χ1v) is 11.7. The monoisotopic (exact) mass is 445 g/mol. The molecule has 0 saturated carbocycles. The van der Waals surface area contributed by atoms with E-state index in [1.165, 1.54) is 21.3 Å². The van der Waals surface area contributed by atoms with Crippen LogP contribution in [-0.2, 0) is 28.7 Å². The molecule has 0 bridgehead atoms. The van der Waals surface area contributed by atoms with Crippen molar-refractivity contribution in [1.29, 1.82) is 0 Å². The van der Waals surface area contributed by atoms with Crippen LogP contribution in [0.15, 0.2) is 46.1 Å². The summed E-state index contributed by atoms with van der Waals surface area (Å²) in [5, 5.41) is 2.66. The molecular weight excluding hydrogens is 418 g/mol. The zero-order valence-corrected chi connectivity index (χ0v) is 19.0. The van der Waals surface area contributed by atoms with Gasteiger partial charge in [0.05, 0.1) is 27.4 Å². The number of amides is 1. The van der Waals surface area contributed by atoms with E-state index < -0.39 is 15.7 Å². The molecule has 0 spiro atoms. The largest absolute Gasteiger partial charge is 0.484 e. The standard InChI is InChI=1S/C22H27N3O5S/c1-5-6-11-31(28,29)20-13-19-18(24(3)22(27)25(19)4)12-17(20)23-21(26)14-30-16-9-7-15(2)8-10-16/h7-10,12-13H,5-6,11,14H2,1-4H3,(H,23,26). The predicted octanol–water partition coefficient (Wildman–Crippen LogP) is 2.78. The molecule has 1 aromatic heterocycles. The molecule has 166 valence electrons. The number of ether oxygens (including phenoxy) is 1. The molecule has 1 N–H and O–H groups in total. The van der Waals surface area contributed by atoms with Crippen molar-refractivity contribution in [2.24, 2.45) is 14.1 Å². The number of sulfone groups is 1. The number of fused-ring (bicyclic) bond motifs is 1. The number of unbranched alkanes of at least 4 members (excludes halogenated alkanes) is 1. The van der Waals surface area contributed by atoms with Crippen molar-refractivity contribution in [2.75, 3.05) is 17.7 Å². The summed E-state index contributed by atoms with van der Waals surface area (Å²) in [7, 11) is -0.479. The van der Waals surface area contributed by atoms with Gasteiger partial charge in [0.1, 0.15) is 5.75 Å². The molecule has 2 aromatic carbocycles. The Balaban J connectivity index is 1.95. The molecule has 3 aromatic rings. The van der Waals surface area contributed by atoms with Gasteiger partial charge in [-0.25, -0.2) is 13.2 Å². The molecule has 1 amide bonds. The van der Waals surface area contributed by atoms with Gasteiger partial charge in [-0.05, 0) is 37.6 Å². The van der Waals surface area contributed by atoms with E-state index in [4.69, 9.17) is 4.74 Å².